The summed E-state index contributed by atoms with van der Waals surface area (Å²) in [4.78, 5) is 20.4. The van der Waals surface area contributed by atoms with Gasteiger partial charge >= 0.3 is 0 Å². The summed E-state index contributed by atoms with van der Waals surface area (Å²) in [6.07, 6.45) is 3.49. The summed E-state index contributed by atoms with van der Waals surface area (Å²) in [5, 5.41) is 9.24. The third kappa shape index (κ3) is 4.82. The zero-order chi connectivity index (χ0) is 22.7. The number of sulfonamides is 1. The van der Waals surface area contributed by atoms with Crippen LogP contribution in [0.4, 0.5) is 28.8 Å². The number of benzene rings is 2. The summed E-state index contributed by atoms with van der Waals surface area (Å²) in [6, 6.07) is 12.1. The van der Waals surface area contributed by atoms with Crippen LogP contribution in [0.3, 0.4) is 0 Å². The number of nitrogens with zero attached hydrogens (tertiary/aromatic N) is 2. The summed E-state index contributed by atoms with van der Waals surface area (Å²) in [7, 11) is -2.34. The molecule has 4 N–H and O–H groups in total. The summed E-state index contributed by atoms with van der Waals surface area (Å²) in [5.41, 5.74) is 2.92. The Kier molecular flexibility index (Phi) is 6.26. The molecule has 0 saturated carbocycles. The molecule has 3 aromatic rings. The summed E-state index contributed by atoms with van der Waals surface area (Å²) in [5.74, 6) is 0.551. The highest BCUT2D eigenvalue weighted by molar-refractivity contribution is 7.89. The van der Waals surface area contributed by atoms with Gasteiger partial charge in [0, 0.05) is 17.8 Å². The standard InChI is InChI=1S/C21H21ClN6O3S/c1-23-32(30,31)18-7-3-2-6-17(18)27-20-15(22)12-24-21(28-20)25-14-9-10-16-13(11-14)5-4-8-19(29)26-16/h2-3,6-7,9-12,23H,4-5,8H2,1H3,(H,26,29)(H2,24,25,27,28). The second-order valence-electron chi connectivity index (χ2n) is 7.12. The molecule has 0 bridgehead atoms. The minimum atomic E-state index is -3.68. The number of fused-ring (bicyclic) bond motifs is 1. The number of carbonyl (C=O) groups excluding carboxylic acids is 1. The van der Waals surface area contributed by atoms with E-state index in [2.05, 4.69) is 30.6 Å². The molecule has 2 heterocycles. The molecule has 0 radical (unpaired) electrons. The number of rotatable bonds is 6. The van der Waals surface area contributed by atoms with Crippen molar-refractivity contribution >= 4 is 56.4 Å². The molecule has 0 saturated heterocycles. The van der Waals surface area contributed by atoms with E-state index in [0.717, 1.165) is 29.8 Å². The van der Waals surface area contributed by atoms with Gasteiger partial charge in [0.05, 0.1) is 11.9 Å². The van der Waals surface area contributed by atoms with Crippen LogP contribution in [0.1, 0.15) is 18.4 Å². The molecule has 166 valence electrons. The van der Waals surface area contributed by atoms with Gasteiger partial charge in [0.15, 0.2) is 5.82 Å². The highest BCUT2D eigenvalue weighted by Gasteiger charge is 2.18. The van der Waals surface area contributed by atoms with Gasteiger partial charge in [-0.15, -0.1) is 0 Å². The number of anilines is 5. The zero-order valence-corrected chi connectivity index (χ0v) is 18.7. The Balaban J connectivity index is 1.60. The topological polar surface area (TPSA) is 125 Å². The first kappa shape index (κ1) is 22.0. The predicted octanol–water partition coefficient (Wildman–Crippen LogP) is 3.80. The fraction of sp³-hybridized carbons (Fsp3) is 0.190. The monoisotopic (exact) mass is 472 g/mol. The molecule has 1 aliphatic heterocycles. The van der Waals surface area contributed by atoms with Crippen LogP contribution < -0.4 is 20.7 Å². The van der Waals surface area contributed by atoms with Crippen molar-refractivity contribution in [1.29, 1.82) is 0 Å². The van der Waals surface area contributed by atoms with Crippen LogP contribution in [-0.4, -0.2) is 31.3 Å². The third-order valence-corrected chi connectivity index (χ3v) is 6.68. The SMILES string of the molecule is CNS(=O)(=O)c1ccccc1Nc1nc(Nc2ccc3c(c2)CCCC(=O)N3)ncc1Cl. The predicted molar refractivity (Wildman–Crippen MR) is 124 cm³/mol. The van der Waals surface area contributed by atoms with Crippen molar-refractivity contribution < 1.29 is 13.2 Å². The van der Waals surface area contributed by atoms with Crippen molar-refractivity contribution in [2.45, 2.75) is 24.2 Å². The number of aryl methyl sites for hydroxylation is 1. The van der Waals surface area contributed by atoms with Crippen molar-refractivity contribution in [1.82, 2.24) is 14.7 Å². The molecule has 1 aromatic heterocycles. The van der Waals surface area contributed by atoms with Crippen molar-refractivity contribution in [2.75, 3.05) is 23.0 Å². The maximum Gasteiger partial charge on any atom is 0.242 e. The number of hydrogen-bond donors (Lipinski definition) is 4. The summed E-state index contributed by atoms with van der Waals surface area (Å²) in [6.45, 7) is 0. The van der Waals surface area contributed by atoms with Crippen LogP contribution in [0.25, 0.3) is 0 Å². The van der Waals surface area contributed by atoms with E-state index in [1.165, 1.54) is 19.3 Å². The van der Waals surface area contributed by atoms with E-state index in [4.69, 9.17) is 11.6 Å². The molecule has 2 aromatic carbocycles. The van der Waals surface area contributed by atoms with Crippen molar-refractivity contribution in [3.63, 3.8) is 0 Å². The van der Waals surface area contributed by atoms with Crippen molar-refractivity contribution in [3.8, 4) is 0 Å². The Morgan fingerprint density at radius 1 is 1.09 bits per heavy atom. The summed E-state index contributed by atoms with van der Waals surface area (Å²) < 4.78 is 26.9. The Hall–Kier alpha value is -3.21. The average molecular weight is 473 g/mol. The lowest BCUT2D eigenvalue weighted by Crippen LogP contribution is -2.19. The average Bonchev–Trinajstić information content (AvgIpc) is 2.96. The number of halogens is 1. The fourth-order valence-corrected chi connectivity index (χ4v) is 4.36. The number of para-hydroxylation sites is 1. The van der Waals surface area contributed by atoms with E-state index < -0.39 is 10.0 Å². The maximum atomic E-state index is 12.3. The molecule has 0 unspecified atom stereocenters. The number of nitrogens with one attached hydrogen (secondary N) is 4. The van der Waals surface area contributed by atoms with E-state index >= 15 is 0 Å². The van der Waals surface area contributed by atoms with Gasteiger partial charge in [0.2, 0.25) is 21.9 Å². The van der Waals surface area contributed by atoms with Crippen LogP contribution in [0.5, 0.6) is 0 Å². The molecule has 11 heteroatoms. The fourth-order valence-electron chi connectivity index (χ4n) is 3.34. The first-order chi connectivity index (χ1) is 15.4. The minimum Gasteiger partial charge on any atom is -0.338 e. The van der Waals surface area contributed by atoms with E-state index in [1.54, 1.807) is 18.2 Å². The molecule has 0 spiro atoms. The highest BCUT2D eigenvalue weighted by Crippen LogP contribution is 2.30. The van der Waals surface area contributed by atoms with Crippen LogP contribution in [0.2, 0.25) is 5.02 Å². The Labute approximate surface area is 190 Å². The van der Waals surface area contributed by atoms with Gasteiger partial charge in [-0.3, -0.25) is 4.79 Å². The molecule has 0 fully saturated rings. The Morgan fingerprint density at radius 3 is 2.72 bits per heavy atom. The van der Waals surface area contributed by atoms with Gasteiger partial charge in [-0.2, -0.15) is 4.98 Å². The van der Waals surface area contributed by atoms with Crippen LogP contribution in [0.15, 0.2) is 53.6 Å². The molecule has 1 aliphatic rings. The van der Waals surface area contributed by atoms with E-state index in [1.807, 2.05) is 18.2 Å². The number of aromatic nitrogens is 2. The van der Waals surface area contributed by atoms with Gasteiger partial charge in [0.1, 0.15) is 9.92 Å². The Morgan fingerprint density at radius 2 is 1.91 bits per heavy atom. The normalized spacial score (nSPS) is 13.6. The Bertz CT molecular complexity index is 1280. The third-order valence-electron chi connectivity index (χ3n) is 4.93. The maximum absolute atomic E-state index is 12.3. The smallest absolute Gasteiger partial charge is 0.242 e. The molecular weight excluding hydrogens is 452 g/mol. The second kappa shape index (κ2) is 9.11. The minimum absolute atomic E-state index is 0.0155. The zero-order valence-electron chi connectivity index (χ0n) is 17.1. The van der Waals surface area contributed by atoms with Crippen LogP contribution >= 0.6 is 11.6 Å². The van der Waals surface area contributed by atoms with Gasteiger partial charge in [-0.1, -0.05) is 23.7 Å². The highest BCUT2D eigenvalue weighted by atomic mass is 35.5. The first-order valence-corrected chi connectivity index (χ1v) is 11.7. The number of carbonyl (C=O) groups is 1. The second-order valence-corrected chi connectivity index (χ2v) is 9.38. The first-order valence-electron chi connectivity index (χ1n) is 9.87. The van der Waals surface area contributed by atoms with Crippen molar-refractivity contribution in [3.05, 3.63) is 59.2 Å². The molecule has 32 heavy (non-hydrogen) atoms. The molecule has 0 aliphatic carbocycles. The lowest BCUT2D eigenvalue weighted by molar-refractivity contribution is -0.116. The largest absolute Gasteiger partial charge is 0.338 e. The van der Waals surface area contributed by atoms with Gasteiger partial charge in [-0.05, 0) is 55.8 Å². The van der Waals surface area contributed by atoms with E-state index in [-0.39, 0.29) is 27.6 Å². The van der Waals surface area contributed by atoms with Gasteiger partial charge in [0.25, 0.3) is 0 Å². The van der Waals surface area contributed by atoms with Crippen molar-refractivity contribution in [2.24, 2.45) is 0 Å². The molecule has 1 amide bonds. The molecule has 4 rings (SSSR count). The molecule has 9 nitrogen and oxygen atoms in total. The summed E-state index contributed by atoms with van der Waals surface area (Å²) >= 11 is 6.26. The number of hydrogen-bond acceptors (Lipinski definition) is 7. The lowest BCUT2D eigenvalue weighted by Gasteiger charge is -2.14. The van der Waals surface area contributed by atoms with Gasteiger partial charge in [-0.25, -0.2) is 18.1 Å². The molecule has 0 atom stereocenters. The number of amides is 1. The van der Waals surface area contributed by atoms with Gasteiger partial charge < -0.3 is 16.0 Å². The lowest BCUT2D eigenvalue weighted by atomic mass is 10.1. The van der Waals surface area contributed by atoms with Crippen LogP contribution in [-0.2, 0) is 21.2 Å². The van der Waals surface area contributed by atoms with E-state index in [0.29, 0.717) is 12.1 Å². The quantitative estimate of drug-likeness (QED) is 0.430. The van der Waals surface area contributed by atoms with E-state index in [9.17, 15) is 13.2 Å². The molecular formula is C21H21ClN6O3S. The van der Waals surface area contributed by atoms with Crippen LogP contribution in [0, 0.1) is 0 Å².